The van der Waals surface area contributed by atoms with Crippen LogP contribution in [-0.4, -0.2) is 20.0 Å². The molecule has 5 heteroatoms. The lowest BCUT2D eigenvalue weighted by Crippen LogP contribution is -2.11. The van der Waals surface area contributed by atoms with Gasteiger partial charge >= 0.3 is 0 Å². The molecule has 19 heavy (non-hydrogen) atoms. The first-order valence-corrected chi connectivity index (χ1v) is 6.96. The van der Waals surface area contributed by atoms with E-state index in [4.69, 9.17) is 30.5 Å². The molecular weight excluding hydrogens is 268 g/mol. The lowest BCUT2D eigenvalue weighted by Gasteiger charge is -2.20. The molecular formula is C14H19ClO4. The van der Waals surface area contributed by atoms with Gasteiger partial charge in [-0.1, -0.05) is 25.4 Å². The Morgan fingerprint density at radius 1 is 1.11 bits per heavy atom. The third-order valence-corrected chi connectivity index (χ3v) is 3.02. The summed E-state index contributed by atoms with van der Waals surface area (Å²) in [7, 11) is 0. The topological polar surface area (TPSA) is 36.9 Å². The number of fused-ring (bicyclic) bond motifs is 1. The molecule has 1 aliphatic heterocycles. The molecule has 0 saturated carbocycles. The molecule has 1 aromatic rings. The summed E-state index contributed by atoms with van der Waals surface area (Å²) in [5.74, 6) is 1.35. The molecule has 0 atom stereocenters. The Bertz CT molecular complexity index is 414. The Kier molecular flexibility index (Phi) is 5.31. The summed E-state index contributed by atoms with van der Waals surface area (Å²) >= 11 is 6.26. The Morgan fingerprint density at radius 3 is 2.26 bits per heavy atom. The van der Waals surface area contributed by atoms with E-state index in [1.807, 2.05) is 6.07 Å². The van der Waals surface area contributed by atoms with Crippen molar-refractivity contribution in [1.29, 1.82) is 0 Å². The van der Waals surface area contributed by atoms with Crippen molar-refractivity contribution in [2.75, 3.05) is 20.0 Å². The molecule has 1 aromatic carbocycles. The number of benzene rings is 1. The highest BCUT2D eigenvalue weighted by Crippen LogP contribution is 2.40. The Labute approximate surface area is 118 Å². The first-order chi connectivity index (χ1) is 9.26. The molecule has 4 nitrogen and oxygen atoms in total. The molecule has 0 aromatic heterocycles. The van der Waals surface area contributed by atoms with Gasteiger partial charge in [0.25, 0.3) is 0 Å². The van der Waals surface area contributed by atoms with Crippen LogP contribution < -0.4 is 9.47 Å². The second-order valence-electron chi connectivity index (χ2n) is 4.30. The van der Waals surface area contributed by atoms with Crippen LogP contribution in [-0.2, 0) is 9.47 Å². The number of ether oxygens (including phenoxy) is 4. The minimum atomic E-state index is -0.457. The zero-order valence-electron chi connectivity index (χ0n) is 11.3. The van der Waals surface area contributed by atoms with E-state index in [0.717, 1.165) is 18.4 Å². The van der Waals surface area contributed by atoms with E-state index in [9.17, 15) is 0 Å². The molecule has 1 aliphatic rings. The van der Waals surface area contributed by atoms with Gasteiger partial charge in [-0.05, 0) is 18.9 Å². The molecule has 0 aliphatic carbocycles. The van der Waals surface area contributed by atoms with Crippen LogP contribution in [0.3, 0.4) is 0 Å². The molecule has 0 radical (unpaired) electrons. The maximum absolute atomic E-state index is 6.26. The maximum Gasteiger partial charge on any atom is 0.231 e. The van der Waals surface area contributed by atoms with Gasteiger partial charge in [0.15, 0.2) is 17.8 Å². The van der Waals surface area contributed by atoms with Gasteiger partial charge in [0.05, 0.1) is 5.02 Å². The van der Waals surface area contributed by atoms with E-state index in [-0.39, 0.29) is 6.79 Å². The summed E-state index contributed by atoms with van der Waals surface area (Å²) in [6.07, 6.45) is 1.39. The average molecular weight is 287 g/mol. The highest BCUT2D eigenvalue weighted by atomic mass is 35.5. The molecule has 0 N–H and O–H groups in total. The van der Waals surface area contributed by atoms with Crippen molar-refractivity contribution in [1.82, 2.24) is 0 Å². The van der Waals surface area contributed by atoms with Crippen molar-refractivity contribution < 1.29 is 18.9 Å². The fourth-order valence-electron chi connectivity index (χ4n) is 1.79. The molecule has 106 valence electrons. The Balaban J connectivity index is 2.19. The minimum absolute atomic E-state index is 0.228. The second-order valence-corrected chi connectivity index (χ2v) is 4.71. The maximum atomic E-state index is 6.26. The second kappa shape index (κ2) is 6.98. The standard InChI is InChI=1S/C14H19ClO4/c1-3-5-16-14(17-6-4-2)10-7-12-13(8-11(10)15)19-9-18-12/h7-8,14H,3-6,9H2,1-2H3. The summed E-state index contributed by atoms with van der Waals surface area (Å²) in [6.45, 7) is 5.58. The van der Waals surface area contributed by atoms with Crippen molar-refractivity contribution in [3.05, 3.63) is 22.7 Å². The number of hydrogen-bond acceptors (Lipinski definition) is 4. The van der Waals surface area contributed by atoms with Gasteiger partial charge in [-0.2, -0.15) is 0 Å². The first-order valence-electron chi connectivity index (χ1n) is 6.58. The molecule has 0 spiro atoms. The van der Waals surface area contributed by atoms with E-state index < -0.39 is 6.29 Å². The molecule has 0 unspecified atom stereocenters. The van der Waals surface area contributed by atoms with Crippen molar-refractivity contribution in [3.63, 3.8) is 0 Å². The monoisotopic (exact) mass is 286 g/mol. The number of halogens is 1. The van der Waals surface area contributed by atoms with Crippen LogP contribution in [0.15, 0.2) is 12.1 Å². The molecule has 2 rings (SSSR count). The third-order valence-electron chi connectivity index (χ3n) is 2.69. The largest absolute Gasteiger partial charge is 0.454 e. The predicted molar refractivity (Wildman–Crippen MR) is 72.8 cm³/mol. The van der Waals surface area contributed by atoms with Gasteiger partial charge in [0, 0.05) is 24.8 Å². The Hall–Kier alpha value is -0.970. The van der Waals surface area contributed by atoms with Crippen LogP contribution in [0.2, 0.25) is 5.02 Å². The summed E-state index contributed by atoms with van der Waals surface area (Å²) in [5, 5.41) is 0.571. The van der Waals surface area contributed by atoms with Gasteiger partial charge in [-0.3, -0.25) is 0 Å². The van der Waals surface area contributed by atoms with E-state index in [1.165, 1.54) is 0 Å². The third kappa shape index (κ3) is 3.53. The number of rotatable bonds is 7. The average Bonchev–Trinajstić information content (AvgIpc) is 2.85. The van der Waals surface area contributed by atoms with Crippen LogP contribution >= 0.6 is 11.6 Å². The minimum Gasteiger partial charge on any atom is -0.454 e. The van der Waals surface area contributed by atoms with Crippen molar-refractivity contribution in [2.45, 2.75) is 33.0 Å². The highest BCUT2D eigenvalue weighted by molar-refractivity contribution is 6.31. The van der Waals surface area contributed by atoms with Crippen LogP contribution in [0, 0.1) is 0 Å². The van der Waals surface area contributed by atoms with E-state index >= 15 is 0 Å². The fraction of sp³-hybridized carbons (Fsp3) is 0.571. The normalized spacial score (nSPS) is 13.3. The highest BCUT2D eigenvalue weighted by Gasteiger charge is 2.22. The van der Waals surface area contributed by atoms with Crippen molar-refractivity contribution >= 4 is 11.6 Å². The van der Waals surface area contributed by atoms with Crippen LogP contribution in [0.5, 0.6) is 11.5 Å². The summed E-state index contributed by atoms with van der Waals surface area (Å²) in [5.41, 5.74) is 0.785. The molecule has 1 heterocycles. The zero-order chi connectivity index (χ0) is 13.7. The fourth-order valence-corrected chi connectivity index (χ4v) is 2.03. The van der Waals surface area contributed by atoms with Crippen LogP contribution in [0.1, 0.15) is 38.5 Å². The summed E-state index contributed by atoms with van der Waals surface area (Å²) in [6, 6.07) is 3.58. The molecule has 0 fully saturated rings. The predicted octanol–water partition coefficient (Wildman–Crippen LogP) is 3.92. The van der Waals surface area contributed by atoms with Crippen LogP contribution in [0.25, 0.3) is 0 Å². The molecule has 0 amide bonds. The van der Waals surface area contributed by atoms with E-state index in [0.29, 0.717) is 29.7 Å². The van der Waals surface area contributed by atoms with Crippen molar-refractivity contribution in [3.8, 4) is 11.5 Å². The van der Waals surface area contributed by atoms with Gasteiger partial charge in [-0.25, -0.2) is 0 Å². The summed E-state index contributed by atoms with van der Waals surface area (Å²) < 4.78 is 22.1. The lowest BCUT2D eigenvalue weighted by atomic mass is 10.2. The van der Waals surface area contributed by atoms with Crippen LogP contribution in [0.4, 0.5) is 0 Å². The van der Waals surface area contributed by atoms with Gasteiger partial charge < -0.3 is 18.9 Å². The van der Waals surface area contributed by atoms with E-state index in [1.54, 1.807) is 6.07 Å². The van der Waals surface area contributed by atoms with Gasteiger partial charge in [-0.15, -0.1) is 0 Å². The smallest absolute Gasteiger partial charge is 0.231 e. The lowest BCUT2D eigenvalue weighted by molar-refractivity contribution is -0.146. The number of hydrogen-bond donors (Lipinski definition) is 0. The molecule has 0 bridgehead atoms. The Morgan fingerprint density at radius 2 is 1.68 bits per heavy atom. The van der Waals surface area contributed by atoms with Crippen molar-refractivity contribution in [2.24, 2.45) is 0 Å². The zero-order valence-corrected chi connectivity index (χ0v) is 12.0. The SMILES string of the molecule is CCCOC(OCCC)c1cc2c(cc1Cl)OCO2. The quantitative estimate of drug-likeness (QED) is 0.712. The molecule has 0 saturated heterocycles. The van der Waals surface area contributed by atoms with Gasteiger partial charge in [0.1, 0.15) is 0 Å². The van der Waals surface area contributed by atoms with E-state index in [2.05, 4.69) is 13.8 Å². The first kappa shape index (κ1) is 14.4. The summed E-state index contributed by atoms with van der Waals surface area (Å²) in [4.78, 5) is 0. The van der Waals surface area contributed by atoms with Gasteiger partial charge in [0.2, 0.25) is 6.79 Å².